The van der Waals surface area contributed by atoms with Crippen LogP contribution in [0.1, 0.15) is 27.0 Å². The SMILES string of the molecule is COc1c(C)cccc1C(=O)NC(=S)Nc1ccc(-c2nc3cc(C)cc(C)c3o2)c(O)c1. The van der Waals surface area contributed by atoms with Gasteiger partial charge in [0.25, 0.3) is 5.91 Å². The first-order chi connectivity index (χ1) is 15.8. The van der Waals surface area contributed by atoms with Crippen molar-refractivity contribution in [3.63, 3.8) is 0 Å². The molecule has 0 spiro atoms. The van der Waals surface area contributed by atoms with Gasteiger partial charge in [-0.3, -0.25) is 10.1 Å². The first kappa shape index (κ1) is 22.3. The van der Waals surface area contributed by atoms with Crippen LogP contribution in [0.2, 0.25) is 0 Å². The van der Waals surface area contributed by atoms with Gasteiger partial charge in [0, 0.05) is 11.8 Å². The number of nitrogens with zero attached hydrogens (tertiary/aromatic N) is 1. The Hall–Kier alpha value is -3.91. The molecule has 0 aliphatic rings. The fourth-order valence-electron chi connectivity index (χ4n) is 3.72. The Kier molecular flexibility index (Phi) is 6.02. The third-order valence-electron chi connectivity index (χ3n) is 5.19. The first-order valence-corrected chi connectivity index (χ1v) is 10.6. The van der Waals surface area contributed by atoms with Crippen molar-refractivity contribution < 1.29 is 19.1 Å². The normalized spacial score (nSPS) is 10.8. The molecule has 0 saturated heterocycles. The molecule has 8 heteroatoms. The zero-order valence-electron chi connectivity index (χ0n) is 18.6. The van der Waals surface area contributed by atoms with Crippen LogP contribution in [0.5, 0.6) is 11.5 Å². The summed E-state index contributed by atoms with van der Waals surface area (Å²) in [7, 11) is 1.51. The van der Waals surface area contributed by atoms with Crippen molar-refractivity contribution >= 4 is 40.0 Å². The minimum atomic E-state index is -0.397. The van der Waals surface area contributed by atoms with E-state index in [9.17, 15) is 9.90 Å². The molecular weight excluding hydrogens is 438 g/mol. The largest absolute Gasteiger partial charge is 0.507 e. The Morgan fingerprint density at radius 2 is 1.88 bits per heavy atom. The number of aromatic nitrogens is 1. The number of phenolic OH excluding ortho intramolecular Hbond substituents is 1. The average Bonchev–Trinajstić information content (AvgIpc) is 3.17. The highest BCUT2D eigenvalue weighted by molar-refractivity contribution is 7.80. The van der Waals surface area contributed by atoms with Crippen LogP contribution in [0, 0.1) is 20.8 Å². The number of phenols is 1. The van der Waals surface area contributed by atoms with Crippen molar-refractivity contribution in [3.8, 4) is 23.0 Å². The molecular formula is C25H23N3O4S. The summed E-state index contributed by atoms with van der Waals surface area (Å²) in [5, 5.41) is 16.2. The molecule has 0 unspecified atom stereocenters. The zero-order valence-corrected chi connectivity index (χ0v) is 19.5. The molecule has 1 aromatic heterocycles. The van der Waals surface area contributed by atoms with E-state index >= 15 is 0 Å². The molecule has 4 aromatic rings. The molecule has 0 bridgehead atoms. The molecule has 0 saturated carbocycles. The summed E-state index contributed by atoms with van der Waals surface area (Å²) in [6.45, 7) is 5.81. The van der Waals surface area contributed by atoms with Crippen LogP contribution in [-0.4, -0.2) is 28.2 Å². The molecule has 1 heterocycles. The number of ether oxygens (including phenoxy) is 1. The van der Waals surface area contributed by atoms with Gasteiger partial charge in [-0.05, 0) is 73.9 Å². The fraction of sp³-hybridized carbons (Fsp3) is 0.160. The molecule has 4 rings (SSSR count). The molecule has 0 atom stereocenters. The molecule has 7 nitrogen and oxygen atoms in total. The number of benzene rings is 3. The number of methoxy groups -OCH3 is 1. The molecule has 0 radical (unpaired) electrons. The molecule has 3 N–H and O–H groups in total. The molecule has 3 aromatic carbocycles. The monoisotopic (exact) mass is 461 g/mol. The van der Waals surface area contributed by atoms with E-state index < -0.39 is 5.91 Å². The van der Waals surface area contributed by atoms with Crippen molar-refractivity contribution in [2.45, 2.75) is 20.8 Å². The highest BCUT2D eigenvalue weighted by Crippen LogP contribution is 2.34. The third kappa shape index (κ3) is 4.51. The van der Waals surface area contributed by atoms with E-state index in [4.69, 9.17) is 21.4 Å². The van der Waals surface area contributed by atoms with Crippen LogP contribution in [0.25, 0.3) is 22.6 Å². The second-order valence-electron chi connectivity index (χ2n) is 7.74. The Morgan fingerprint density at radius 3 is 2.61 bits per heavy atom. The number of aromatic hydroxyl groups is 1. The van der Waals surface area contributed by atoms with Crippen molar-refractivity contribution in [1.29, 1.82) is 0 Å². The summed E-state index contributed by atoms with van der Waals surface area (Å²) in [4.78, 5) is 17.1. The molecule has 33 heavy (non-hydrogen) atoms. The summed E-state index contributed by atoms with van der Waals surface area (Å²) in [5.41, 5.74) is 5.66. The van der Waals surface area contributed by atoms with Gasteiger partial charge in [0.05, 0.1) is 18.2 Å². The number of hydrogen-bond acceptors (Lipinski definition) is 6. The van der Waals surface area contributed by atoms with Gasteiger partial charge in [-0.1, -0.05) is 18.2 Å². The van der Waals surface area contributed by atoms with Gasteiger partial charge in [0.15, 0.2) is 10.7 Å². The van der Waals surface area contributed by atoms with Crippen molar-refractivity contribution in [2.75, 3.05) is 12.4 Å². The number of amides is 1. The van der Waals surface area contributed by atoms with E-state index in [0.29, 0.717) is 34.0 Å². The third-order valence-corrected chi connectivity index (χ3v) is 5.40. The van der Waals surface area contributed by atoms with Crippen LogP contribution in [0.15, 0.2) is 52.9 Å². The highest BCUT2D eigenvalue weighted by atomic mass is 32.1. The van der Waals surface area contributed by atoms with Crippen LogP contribution >= 0.6 is 12.2 Å². The van der Waals surface area contributed by atoms with Crippen LogP contribution < -0.4 is 15.4 Å². The highest BCUT2D eigenvalue weighted by Gasteiger charge is 2.17. The number of thiocarbonyl (C=S) groups is 1. The summed E-state index contributed by atoms with van der Waals surface area (Å²) >= 11 is 5.27. The van der Waals surface area contributed by atoms with Crippen molar-refractivity contribution in [3.05, 3.63) is 70.8 Å². The maximum Gasteiger partial charge on any atom is 0.261 e. The lowest BCUT2D eigenvalue weighted by Gasteiger charge is -2.13. The van der Waals surface area contributed by atoms with Gasteiger partial charge in [0.1, 0.15) is 17.0 Å². The number of anilines is 1. The average molecular weight is 462 g/mol. The standard InChI is InChI=1S/C25H23N3O4S/c1-13-10-15(3)22-19(11-13)27-24(32-22)17-9-8-16(12-20(17)29)26-25(33)28-23(30)18-7-5-6-14(2)21(18)31-4/h5-12,29H,1-4H3,(H2,26,28,30,33). The number of hydrogen-bond donors (Lipinski definition) is 3. The van der Waals surface area contributed by atoms with E-state index in [1.165, 1.54) is 13.2 Å². The summed E-state index contributed by atoms with van der Waals surface area (Å²) in [6.07, 6.45) is 0. The van der Waals surface area contributed by atoms with Crippen LogP contribution in [0.3, 0.4) is 0 Å². The Labute approximate surface area is 196 Å². The molecule has 0 fully saturated rings. The lowest BCUT2D eigenvalue weighted by atomic mass is 10.1. The van der Waals surface area contributed by atoms with Gasteiger partial charge in [-0.15, -0.1) is 0 Å². The number of para-hydroxylation sites is 1. The molecule has 1 amide bonds. The van der Waals surface area contributed by atoms with E-state index in [0.717, 1.165) is 22.2 Å². The van der Waals surface area contributed by atoms with Crippen molar-refractivity contribution in [1.82, 2.24) is 10.3 Å². The number of fused-ring (bicyclic) bond motifs is 1. The molecule has 0 aliphatic heterocycles. The number of carbonyl (C=O) groups excluding carboxylic acids is 1. The van der Waals surface area contributed by atoms with E-state index in [2.05, 4.69) is 15.6 Å². The second kappa shape index (κ2) is 8.91. The maximum atomic E-state index is 12.6. The minimum Gasteiger partial charge on any atom is -0.507 e. The summed E-state index contributed by atoms with van der Waals surface area (Å²) in [5.74, 6) is 0.384. The molecule has 0 aliphatic carbocycles. The Bertz CT molecular complexity index is 1390. The predicted octanol–water partition coefficient (Wildman–Crippen LogP) is 5.26. The smallest absolute Gasteiger partial charge is 0.261 e. The lowest BCUT2D eigenvalue weighted by molar-refractivity contribution is 0.0974. The number of carbonyl (C=O) groups is 1. The van der Waals surface area contributed by atoms with Gasteiger partial charge in [0.2, 0.25) is 5.89 Å². The van der Waals surface area contributed by atoms with Gasteiger partial charge < -0.3 is 19.6 Å². The second-order valence-corrected chi connectivity index (χ2v) is 8.15. The zero-order chi connectivity index (χ0) is 23.7. The Morgan fingerprint density at radius 1 is 1.09 bits per heavy atom. The topological polar surface area (TPSA) is 96.6 Å². The molecule has 168 valence electrons. The van der Waals surface area contributed by atoms with Crippen LogP contribution in [-0.2, 0) is 0 Å². The van der Waals surface area contributed by atoms with Gasteiger partial charge in [-0.2, -0.15) is 0 Å². The lowest BCUT2D eigenvalue weighted by Crippen LogP contribution is -2.34. The summed E-state index contributed by atoms with van der Waals surface area (Å²) < 4.78 is 11.2. The number of nitrogens with one attached hydrogen (secondary N) is 2. The number of oxazole rings is 1. The fourth-order valence-corrected chi connectivity index (χ4v) is 3.93. The predicted molar refractivity (Wildman–Crippen MR) is 132 cm³/mol. The van der Waals surface area contributed by atoms with Crippen LogP contribution in [0.4, 0.5) is 5.69 Å². The quantitative estimate of drug-likeness (QED) is 0.357. The maximum absolute atomic E-state index is 12.6. The van der Waals surface area contributed by atoms with E-state index in [1.807, 2.05) is 39.0 Å². The number of rotatable bonds is 4. The number of aryl methyl sites for hydroxylation is 3. The summed E-state index contributed by atoms with van der Waals surface area (Å²) in [6, 6.07) is 14.1. The van der Waals surface area contributed by atoms with E-state index in [1.54, 1.807) is 24.3 Å². The van der Waals surface area contributed by atoms with Gasteiger partial charge >= 0.3 is 0 Å². The first-order valence-electron chi connectivity index (χ1n) is 10.2. The minimum absolute atomic E-state index is 0.0320. The Balaban J connectivity index is 1.51. The van der Waals surface area contributed by atoms with Crippen molar-refractivity contribution in [2.24, 2.45) is 0 Å². The van der Waals surface area contributed by atoms with E-state index in [-0.39, 0.29) is 10.9 Å². The van der Waals surface area contributed by atoms with Gasteiger partial charge in [-0.25, -0.2) is 4.98 Å².